The molecule has 10 heteroatoms. The summed E-state index contributed by atoms with van der Waals surface area (Å²) >= 11 is 7.72. The van der Waals surface area contributed by atoms with E-state index in [2.05, 4.69) is 5.32 Å². The van der Waals surface area contributed by atoms with Crippen molar-refractivity contribution in [3.8, 4) is 17.2 Å². The summed E-state index contributed by atoms with van der Waals surface area (Å²) in [5.41, 5.74) is 2.62. The van der Waals surface area contributed by atoms with Gasteiger partial charge in [0.05, 0.1) is 47.7 Å². The Morgan fingerprint density at radius 1 is 1.10 bits per heavy atom. The second kappa shape index (κ2) is 12.0. The number of hydrogen-bond donors (Lipinski definition) is 1. The van der Waals surface area contributed by atoms with Gasteiger partial charge in [0.2, 0.25) is 0 Å². The van der Waals surface area contributed by atoms with E-state index in [0.717, 1.165) is 5.56 Å². The Kier molecular flexibility index (Phi) is 8.28. The largest absolute Gasteiger partial charge is 0.497 e. The second-order valence-corrected chi connectivity index (χ2v) is 10.6. The van der Waals surface area contributed by atoms with Crippen molar-refractivity contribution >= 4 is 40.6 Å². The van der Waals surface area contributed by atoms with Crippen LogP contribution in [0.5, 0.6) is 17.2 Å². The van der Waals surface area contributed by atoms with Gasteiger partial charge >= 0.3 is 0 Å². The number of rotatable bonds is 8. The van der Waals surface area contributed by atoms with Gasteiger partial charge in [0.15, 0.2) is 16.3 Å². The van der Waals surface area contributed by atoms with Gasteiger partial charge in [-0.1, -0.05) is 53.3 Å². The summed E-state index contributed by atoms with van der Waals surface area (Å²) in [6, 6.07) is 19.3. The summed E-state index contributed by atoms with van der Waals surface area (Å²) < 4.78 is 18.5. The zero-order chi connectivity index (χ0) is 29.1. The number of amides is 1. The van der Waals surface area contributed by atoms with Crippen LogP contribution in [0.2, 0.25) is 5.02 Å². The molecule has 8 nitrogen and oxygen atoms in total. The van der Waals surface area contributed by atoms with Crippen molar-refractivity contribution in [2.24, 2.45) is 4.99 Å². The molecule has 5 rings (SSSR count). The molecule has 0 fully saturated rings. The lowest BCUT2D eigenvalue weighted by atomic mass is 9.95. The van der Waals surface area contributed by atoms with Crippen LogP contribution in [0, 0.1) is 0 Å². The molecule has 0 bridgehead atoms. The molecular formula is C31H28ClN3O5S. The van der Waals surface area contributed by atoms with Crippen LogP contribution >= 0.6 is 22.9 Å². The smallest absolute Gasteiger partial charge is 0.271 e. The van der Waals surface area contributed by atoms with E-state index >= 15 is 0 Å². The molecule has 0 saturated heterocycles. The van der Waals surface area contributed by atoms with Gasteiger partial charge < -0.3 is 19.5 Å². The lowest BCUT2D eigenvalue weighted by Crippen LogP contribution is -2.40. The third kappa shape index (κ3) is 5.64. The fraction of sp³-hybridized carbons (Fsp3) is 0.194. The summed E-state index contributed by atoms with van der Waals surface area (Å²) in [6.45, 7) is 4.07. The molecule has 1 amide bonds. The fourth-order valence-electron chi connectivity index (χ4n) is 4.72. The number of fused-ring (bicyclic) bond motifs is 1. The highest BCUT2D eigenvalue weighted by atomic mass is 35.5. The van der Waals surface area contributed by atoms with Gasteiger partial charge in [-0.15, -0.1) is 0 Å². The number of aromatic nitrogens is 1. The number of hydrogen-bond acceptors (Lipinski definition) is 7. The minimum Gasteiger partial charge on any atom is -0.497 e. The average molecular weight is 590 g/mol. The molecule has 0 aliphatic carbocycles. The standard InChI is InChI=1S/C31H28ClN3O5S/c1-5-40-28-23(32)14-19(15-24(28)39-4)16-25-30(37)35-27(20-10-9-13-22(17-20)38-3)26(18(2)33-31(35)41-25)29(36)34-21-11-7-6-8-12-21/h6-17,27H,5H2,1-4H3,(H,34,36)/b25-16-/t27-/m0/s1. The van der Waals surface area contributed by atoms with Gasteiger partial charge in [-0.2, -0.15) is 0 Å². The highest BCUT2D eigenvalue weighted by molar-refractivity contribution is 7.07. The van der Waals surface area contributed by atoms with Crippen LogP contribution in [-0.4, -0.2) is 31.3 Å². The number of ether oxygens (including phenoxy) is 3. The molecule has 1 atom stereocenters. The number of carbonyl (C=O) groups is 1. The normalized spacial score (nSPS) is 14.8. The van der Waals surface area contributed by atoms with Gasteiger partial charge in [-0.25, -0.2) is 4.99 Å². The van der Waals surface area contributed by atoms with Crippen molar-refractivity contribution in [1.82, 2.24) is 4.57 Å². The van der Waals surface area contributed by atoms with Gasteiger partial charge in [-0.05, 0) is 67.4 Å². The van der Waals surface area contributed by atoms with Crippen LogP contribution in [0.25, 0.3) is 6.08 Å². The van der Waals surface area contributed by atoms with Gasteiger partial charge in [0.1, 0.15) is 5.75 Å². The Balaban J connectivity index is 1.67. The van der Waals surface area contributed by atoms with Gasteiger partial charge in [0, 0.05) is 5.69 Å². The Morgan fingerprint density at radius 3 is 2.59 bits per heavy atom. The minimum atomic E-state index is -0.731. The van der Waals surface area contributed by atoms with Gasteiger partial charge in [0.25, 0.3) is 11.5 Å². The number of anilines is 1. The van der Waals surface area contributed by atoms with Crippen LogP contribution in [0.1, 0.15) is 31.0 Å². The first-order valence-electron chi connectivity index (χ1n) is 12.9. The Morgan fingerprint density at radius 2 is 1.88 bits per heavy atom. The van der Waals surface area contributed by atoms with Crippen molar-refractivity contribution < 1.29 is 19.0 Å². The van der Waals surface area contributed by atoms with E-state index in [-0.39, 0.29) is 11.5 Å². The molecule has 2 heterocycles. The first kappa shape index (κ1) is 28.2. The van der Waals surface area contributed by atoms with Crippen LogP contribution in [0.4, 0.5) is 5.69 Å². The fourth-order valence-corrected chi connectivity index (χ4v) is 6.04. The highest BCUT2D eigenvalue weighted by Crippen LogP contribution is 2.37. The van der Waals surface area contributed by atoms with E-state index in [0.29, 0.717) is 60.7 Å². The topological polar surface area (TPSA) is 91.2 Å². The summed E-state index contributed by atoms with van der Waals surface area (Å²) in [5, 5.41) is 3.32. The van der Waals surface area contributed by atoms with Crippen LogP contribution < -0.4 is 34.4 Å². The third-order valence-corrected chi connectivity index (χ3v) is 7.81. The molecule has 1 aliphatic heterocycles. The zero-order valence-corrected chi connectivity index (χ0v) is 24.5. The lowest BCUT2D eigenvalue weighted by Gasteiger charge is -2.25. The maximum absolute atomic E-state index is 14.0. The summed E-state index contributed by atoms with van der Waals surface area (Å²) in [7, 11) is 3.11. The SMILES string of the molecule is CCOc1c(Cl)cc(/C=c2\sc3n(c2=O)[C@@H](c2cccc(OC)c2)C(C(=O)Nc2ccccc2)=C(C)N=3)cc1OC. The van der Waals surface area contributed by atoms with E-state index in [1.807, 2.05) is 49.4 Å². The molecule has 0 saturated carbocycles. The molecule has 1 aromatic heterocycles. The molecule has 1 aliphatic rings. The molecule has 210 valence electrons. The number of nitrogens with one attached hydrogen (secondary N) is 1. The number of allylic oxidation sites excluding steroid dienone is 1. The van der Waals surface area contributed by atoms with E-state index in [1.165, 1.54) is 18.4 Å². The van der Waals surface area contributed by atoms with Crippen molar-refractivity contribution in [2.75, 3.05) is 26.1 Å². The molecule has 1 N–H and O–H groups in total. The quantitative estimate of drug-likeness (QED) is 0.314. The monoisotopic (exact) mass is 589 g/mol. The molecule has 3 aromatic carbocycles. The zero-order valence-electron chi connectivity index (χ0n) is 22.9. The van der Waals surface area contributed by atoms with Gasteiger partial charge in [-0.3, -0.25) is 14.2 Å². The number of halogens is 1. The van der Waals surface area contributed by atoms with E-state index < -0.39 is 6.04 Å². The van der Waals surface area contributed by atoms with E-state index in [9.17, 15) is 9.59 Å². The predicted octanol–water partition coefficient (Wildman–Crippen LogP) is 4.94. The molecule has 0 radical (unpaired) electrons. The minimum absolute atomic E-state index is 0.289. The van der Waals surface area contributed by atoms with E-state index in [4.69, 9.17) is 30.8 Å². The van der Waals surface area contributed by atoms with Crippen molar-refractivity contribution in [1.29, 1.82) is 0 Å². The first-order valence-corrected chi connectivity index (χ1v) is 14.1. The van der Waals surface area contributed by atoms with Crippen LogP contribution in [0.3, 0.4) is 0 Å². The van der Waals surface area contributed by atoms with Crippen molar-refractivity contribution in [3.05, 3.63) is 114 Å². The Labute approximate surface area is 245 Å². The van der Waals surface area contributed by atoms with Crippen molar-refractivity contribution in [2.45, 2.75) is 19.9 Å². The molecular weight excluding hydrogens is 562 g/mol. The number of methoxy groups -OCH3 is 2. The molecule has 0 unspecified atom stereocenters. The maximum Gasteiger partial charge on any atom is 0.271 e. The molecule has 41 heavy (non-hydrogen) atoms. The number of para-hydroxylation sites is 1. The Bertz CT molecular complexity index is 1830. The number of thiazole rings is 1. The lowest BCUT2D eigenvalue weighted by molar-refractivity contribution is -0.113. The average Bonchev–Trinajstić information content (AvgIpc) is 3.27. The van der Waals surface area contributed by atoms with Crippen LogP contribution in [-0.2, 0) is 4.79 Å². The highest BCUT2D eigenvalue weighted by Gasteiger charge is 2.32. The van der Waals surface area contributed by atoms with E-state index in [1.54, 1.807) is 48.9 Å². The summed E-state index contributed by atoms with van der Waals surface area (Å²) in [4.78, 5) is 32.9. The maximum atomic E-state index is 14.0. The molecule has 4 aromatic rings. The number of benzene rings is 3. The third-order valence-electron chi connectivity index (χ3n) is 6.55. The Hall–Kier alpha value is -4.34. The summed E-state index contributed by atoms with van der Waals surface area (Å²) in [6.07, 6.45) is 1.74. The van der Waals surface area contributed by atoms with Crippen molar-refractivity contribution in [3.63, 3.8) is 0 Å². The first-order chi connectivity index (χ1) is 19.8. The predicted molar refractivity (Wildman–Crippen MR) is 161 cm³/mol. The van der Waals surface area contributed by atoms with Crippen LogP contribution in [0.15, 0.2) is 87.8 Å². The molecule has 0 spiro atoms. The summed E-state index contributed by atoms with van der Waals surface area (Å²) in [5.74, 6) is 1.17. The number of carbonyl (C=O) groups excluding carboxylic acids is 1. The second-order valence-electron chi connectivity index (χ2n) is 9.15. The number of nitrogens with zero attached hydrogens (tertiary/aromatic N) is 2.